The van der Waals surface area contributed by atoms with E-state index in [0.717, 1.165) is 6.42 Å². The maximum atomic E-state index is 10.7. The molecule has 0 radical (unpaired) electrons. The van der Waals surface area contributed by atoms with Crippen molar-refractivity contribution in [3.8, 4) is 6.07 Å². The summed E-state index contributed by atoms with van der Waals surface area (Å²) in [6.07, 6.45) is 1.21. The molecule has 0 heterocycles. The Bertz CT molecular complexity index is 176. The van der Waals surface area contributed by atoms with Gasteiger partial charge in [0, 0.05) is 5.75 Å². The van der Waals surface area contributed by atoms with Crippen molar-refractivity contribution >= 4 is 17.7 Å². The fourth-order valence-corrected chi connectivity index (χ4v) is 1.51. The molecule has 1 atom stereocenters. The normalized spacial score (nSPS) is 11.8. The van der Waals surface area contributed by atoms with Gasteiger partial charge in [0.25, 0.3) is 0 Å². The number of nitrogens with zero attached hydrogens (tertiary/aromatic N) is 1. The molecule has 0 aromatic heterocycles. The Balaban J connectivity index is 3.43. The lowest BCUT2D eigenvalue weighted by molar-refractivity contribution is -0.140. The van der Waals surface area contributed by atoms with E-state index in [0.29, 0.717) is 12.2 Å². The fraction of sp³-hybridized carbons (Fsp3) is 0.750. The summed E-state index contributed by atoms with van der Waals surface area (Å²) >= 11 is 1.50. The van der Waals surface area contributed by atoms with E-state index < -0.39 is 0 Å². The molecular weight excluding hydrogens is 174 g/mol. The van der Waals surface area contributed by atoms with Crippen molar-refractivity contribution in [1.82, 2.24) is 0 Å². The van der Waals surface area contributed by atoms with E-state index >= 15 is 0 Å². The monoisotopic (exact) mass is 187 g/mol. The minimum atomic E-state index is -0.213. The van der Waals surface area contributed by atoms with Crippen molar-refractivity contribution in [3.63, 3.8) is 0 Å². The maximum Gasteiger partial charge on any atom is 0.306 e. The van der Waals surface area contributed by atoms with Crippen molar-refractivity contribution in [2.75, 3.05) is 12.9 Å². The highest BCUT2D eigenvalue weighted by atomic mass is 32.2. The van der Waals surface area contributed by atoms with Crippen molar-refractivity contribution in [2.45, 2.75) is 25.0 Å². The lowest BCUT2D eigenvalue weighted by Crippen LogP contribution is -2.04. The molecule has 0 aliphatic heterocycles. The molecule has 0 aromatic rings. The van der Waals surface area contributed by atoms with Crippen LogP contribution in [0.3, 0.4) is 0 Å². The van der Waals surface area contributed by atoms with Gasteiger partial charge in [-0.3, -0.25) is 4.79 Å². The number of nitriles is 1. The Labute approximate surface area is 77.1 Å². The average Bonchev–Trinajstić information content (AvgIpc) is 2.12. The zero-order valence-corrected chi connectivity index (χ0v) is 8.19. The summed E-state index contributed by atoms with van der Waals surface area (Å²) in [4.78, 5) is 10.7. The molecule has 0 aliphatic rings. The van der Waals surface area contributed by atoms with Gasteiger partial charge in [0.1, 0.15) is 0 Å². The van der Waals surface area contributed by atoms with Gasteiger partial charge in [0.15, 0.2) is 0 Å². The lowest BCUT2D eigenvalue weighted by Gasteiger charge is -2.03. The van der Waals surface area contributed by atoms with E-state index in [4.69, 9.17) is 5.26 Å². The molecule has 0 N–H and O–H groups in total. The summed E-state index contributed by atoms with van der Waals surface area (Å²) < 4.78 is 4.46. The molecule has 0 bridgehead atoms. The lowest BCUT2D eigenvalue weighted by atomic mass is 10.4. The summed E-state index contributed by atoms with van der Waals surface area (Å²) in [6.45, 7) is 1.96. The van der Waals surface area contributed by atoms with Crippen molar-refractivity contribution in [1.29, 1.82) is 5.26 Å². The number of hydrogen-bond acceptors (Lipinski definition) is 4. The number of hydrogen-bond donors (Lipinski definition) is 0. The highest BCUT2D eigenvalue weighted by Gasteiger charge is 2.06. The Kier molecular flexibility index (Phi) is 6.58. The standard InChI is InChI=1S/C8H13NO2S/c1-3-7(6-9)12-5-4-8(10)11-2/h7H,3-5H2,1-2H3. The van der Waals surface area contributed by atoms with Gasteiger partial charge in [-0.2, -0.15) is 5.26 Å². The molecule has 3 nitrogen and oxygen atoms in total. The number of carbonyl (C=O) groups is 1. The Hall–Kier alpha value is -0.690. The van der Waals surface area contributed by atoms with Crippen LogP contribution in [0.15, 0.2) is 0 Å². The van der Waals surface area contributed by atoms with Gasteiger partial charge in [0.2, 0.25) is 0 Å². The van der Waals surface area contributed by atoms with Crippen LogP contribution in [0.5, 0.6) is 0 Å². The first kappa shape index (κ1) is 11.3. The van der Waals surface area contributed by atoms with Crippen LogP contribution in [0, 0.1) is 11.3 Å². The highest BCUT2D eigenvalue weighted by molar-refractivity contribution is 8.00. The van der Waals surface area contributed by atoms with Gasteiger partial charge in [-0.05, 0) is 6.42 Å². The molecule has 0 aromatic carbocycles. The van der Waals surface area contributed by atoms with Gasteiger partial charge in [-0.25, -0.2) is 0 Å². The van der Waals surface area contributed by atoms with Gasteiger partial charge in [-0.15, -0.1) is 11.8 Å². The van der Waals surface area contributed by atoms with Crippen LogP contribution in [-0.4, -0.2) is 24.1 Å². The minimum Gasteiger partial charge on any atom is -0.469 e. The largest absolute Gasteiger partial charge is 0.469 e. The zero-order chi connectivity index (χ0) is 9.40. The van der Waals surface area contributed by atoms with Gasteiger partial charge in [-0.1, -0.05) is 6.92 Å². The Morgan fingerprint density at radius 2 is 2.42 bits per heavy atom. The first-order valence-electron chi connectivity index (χ1n) is 3.82. The zero-order valence-electron chi connectivity index (χ0n) is 7.37. The molecular formula is C8H13NO2S. The number of ether oxygens (including phenoxy) is 1. The van der Waals surface area contributed by atoms with E-state index in [1.54, 1.807) is 0 Å². The van der Waals surface area contributed by atoms with Crippen LogP contribution < -0.4 is 0 Å². The summed E-state index contributed by atoms with van der Waals surface area (Å²) in [6, 6.07) is 2.15. The minimum absolute atomic E-state index is 0.00894. The Morgan fingerprint density at radius 3 is 2.83 bits per heavy atom. The molecule has 1 unspecified atom stereocenters. The van der Waals surface area contributed by atoms with Crippen LogP contribution in [-0.2, 0) is 9.53 Å². The van der Waals surface area contributed by atoms with Crippen molar-refractivity contribution in [3.05, 3.63) is 0 Å². The SMILES string of the molecule is CCC(C#N)SCCC(=O)OC. The topological polar surface area (TPSA) is 50.1 Å². The third-order valence-electron chi connectivity index (χ3n) is 1.37. The molecule has 0 aliphatic carbocycles. The molecule has 0 amide bonds. The number of esters is 1. The average molecular weight is 187 g/mol. The summed E-state index contributed by atoms with van der Waals surface area (Å²) in [7, 11) is 1.37. The summed E-state index contributed by atoms with van der Waals surface area (Å²) in [5, 5.41) is 8.57. The molecule has 0 rings (SSSR count). The molecule has 0 fully saturated rings. The van der Waals surface area contributed by atoms with E-state index in [9.17, 15) is 4.79 Å². The van der Waals surface area contributed by atoms with E-state index in [-0.39, 0.29) is 11.2 Å². The fourth-order valence-electron chi connectivity index (χ4n) is 0.633. The molecule has 4 heteroatoms. The highest BCUT2D eigenvalue weighted by Crippen LogP contribution is 2.14. The molecule has 0 saturated carbocycles. The number of thioether (sulfide) groups is 1. The second kappa shape index (κ2) is 6.99. The van der Waals surface area contributed by atoms with Crippen LogP contribution in [0.2, 0.25) is 0 Å². The van der Waals surface area contributed by atoms with E-state index in [2.05, 4.69) is 10.8 Å². The number of carbonyl (C=O) groups excluding carboxylic acids is 1. The Morgan fingerprint density at radius 1 is 1.75 bits per heavy atom. The van der Waals surface area contributed by atoms with Crippen LogP contribution >= 0.6 is 11.8 Å². The van der Waals surface area contributed by atoms with Crippen molar-refractivity contribution in [2.24, 2.45) is 0 Å². The van der Waals surface area contributed by atoms with E-state index in [1.807, 2.05) is 6.92 Å². The smallest absolute Gasteiger partial charge is 0.306 e. The number of methoxy groups -OCH3 is 1. The molecule has 0 spiro atoms. The third-order valence-corrected chi connectivity index (χ3v) is 2.65. The second-order valence-corrected chi connectivity index (χ2v) is 3.53. The van der Waals surface area contributed by atoms with Crippen molar-refractivity contribution < 1.29 is 9.53 Å². The third kappa shape index (κ3) is 5.03. The molecule has 0 saturated heterocycles. The number of rotatable bonds is 5. The predicted octanol–water partition coefficient (Wildman–Crippen LogP) is 1.58. The first-order chi connectivity index (χ1) is 5.74. The van der Waals surface area contributed by atoms with Crippen LogP contribution in [0.25, 0.3) is 0 Å². The molecule has 68 valence electrons. The van der Waals surface area contributed by atoms with E-state index in [1.165, 1.54) is 18.9 Å². The second-order valence-electron chi connectivity index (χ2n) is 2.22. The van der Waals surface area contributed by atoms with Gasteiger partial charge < -0.3 is 4.74 Å². The maximum absolute atomic E-state index is 10.7. The summed E-state index contributed by atoms with van der Waals surface area (Å²) in [5.41, 5.74) is 0. The predicted molar refractivity (Wildman–Crippen MR) is 48.8 cm³/mol. The van der Waals surface area contributed by atoms with Crippen LogP contribution in [0.4, 0.5) is 0 Å². The molecule has 12 heavy (non-hydrogen) atoms. The first-order valence-corrected chi connectivity index (χ1v) is 4.87. The summed E-state index contributed by atoms with van der Waals surface area (Å²) in [5.74, 6) is 0.453. The van der Waals surface area contributed by atoms with Gasteiger partial charge in [0.05, 0.1) is 24.8 Å². The van der Waals surface area contributed by atoms with Gasteiger partial charge >= 0.3 is 5.97 Å². The quantitative estimate of drug-likeness (QED) is 0.613. The van der Waals surface area contributed by atoms with Crippen LogP contribution in [0.1, 0.15) is 19.8 Å².